The molecule has 3 atom stereocenters. The molecule has 0 spiro atoms. The van der Waals surface area contributed by atoms with Gasteiger partial charge < -0.3 is 9.64 Å². The number of methoxy groups -OCH3 is 1. The van der Waals surface area contributed by atoms with Crippen molar-refractivity contribution in [2.24, 2.45) is 11.8 Å². The lowest BCUT2D eigenvalue weighted by molar-refractivity contribution is -0.148. The second-order valence-corrected chi connectivity index (χ2v) is 5.96. The van der Waals surface area contributed by atoms with E-state index in [4.69, 9.17) is 4.74 Å². The van der Waals surface area contributed by atoms with Crippen LogP contribution in [0.1, 0.15) is 24.9 Å². The Morgan fingerprint density at radius 3 is 2.17 bits per heavy atom. The Labute approximate surface area is 142 Å². The zero-order valence-electron chi connectivity index (χ0n) is 13.9. The number of nitrogens with zero attached hydrogens (tertiary/aromatic N) is 1. The van der Waals surface area contributed by atoms with E-state index < -0.39 is 5.92 Å². The third kappa shape index (κ3) is 2.68. The summed E-state index contributed by atoms with van der Waals surface area (Å²) in [6.07, 6.45) is 0.602. The molecule has 0 saturated carbocycles. The third-order valence-corrected chi connectivity index (χ3v) is 4.70. The summed E-state index contributed by atoms with van der Waals surface area (Å²) in [5, 5.41) is 0. The van der Waals surface area contributed by atoms with Crippen LogP contribution in [-0.2, 0) is 14.3 Å². The van der Waals surface area contributed by atoms with Gasteiger partial charge in [0, 0.05) is 5.69 Å². The number of anilines is 1. The monoisotopic (exact) mass is 323 g/mol. The van der Waals surface area contributed by atoms with E-state index in [2.05, 4.69) is 0 Å². The number of benzene rings is 2. The molecule has 4 nitrogen and oxygen atoms in total. The zero-order chi connectivity index (χ0) is 17.1. The van der Waals surface area contributed by atoms with Gasteiger partial charge in [0.25, 0.3) is 0 Å². The molecule has 0 aliphatic carbocycles. The molecule has 2 aromatic carbocycles. The lowest BCUT2D eigenvalue weighted by Gasteiger charge is -2.28. The van der Waals surface area contributed by atoms with E-state index in [9.17, 15) is 9.59 Å². The molecule has 0 unspecified atom stereocenters. The number of rotatable bonds is 4. The fourth-order valence-electron chi connectivity index (χ4n) is 3.59. The number of esters is 1. The molecule has 1 fully saturated rings. The maximum Gasteiger partial charge on any atom is 0.311 e. The standard InChI is InChI=1S/C20H21NO3/c1-3-16-17(20(23)24-2)18(14-10-6-4-7-11-14)21(19(16)22)15-12-8-5-9-13-15/h4-13,16-18H,3H2,1-2H3/t16-,17+,18-/m0/s1. The Hall–Kier alpha value is -2.62. The minimum atomic E-state index is -0.505. The number of hydrogen-bond donors (Lipinski definition) is 0. The van der Waals surface area contributed by atoms with E-state index in [0.29, 0.717) is 6.42 Å². The van der Waals surface area contributed by atoms with E-state index in [0.717, 1.165) is 11.3 Å². The Bertz CT molecular complexity index is 714. The average molecular weight is 323 g/mol. The highest BCUT2D eigenvalue weighted by molar-refractivity contribution is 6.02. The van der Waals surface area contributed by atoms with Crippen LogP contribution in [0.5, 0.6) is 0 Å². The van der Waals surface area contributed by atoms with E-state index >= 15 is 0 Å². The van der Waals surface area contributed by atoms with Gasteiger partial charge in [-0.1, -0.05) is 55.5 Å². The van der Waals surface area contributed by atoms with Crippen molar-refractivity contribution in [3.63, 3.8) is 0 Å². The smallest absolute Gasteiger partial charge is 0.311 e. The molecule has 1 aliphatic heterocycles. The van der Waals surface area contributed by atoms with Gasteiger partial charge in [-0.25, -0.2) is 0 Å². The van der Waals surface area contributed by atoms with Gasteiger partial charge in [0.1, 0.15) is 0 Å². The number of hydrogen-bond acceptors (Lipinski definition) is 3. The molecular weight excluding hydrogens is 302 g/mol. The fraction of sp³-hybridized carbons (Fsp3) is 0.300. The second kappa shape index (κ2) is 6.87. The summed E-state index contributed by atoms with van der Waals surface area (Å²) in [4.78, 5) is 27.3. The number of para-hydroxylation sites is 1. The van der Waals surface area contributed by atoms with Crippen LogP contribution in [0.2, 0.25) is 0 Å². The zero-order valence-corrected chi connectivity index (χ0v) is 13.9. The molecule has 24 heavy (non-hydrogen) atoms. The van der Waals surface area contributed by atoms with Gasteiger partial charge in [-0.2, -0.15) is 0 Å². The molecule has 1 aliphatic rings. The Morgan fingerprint density at radius 1 is 1.04 bits per heavy atom. The highest BCUT2D eigenvalue weighted by Gasteiger charge is 2.52. The Kier molecular flexibility index (Phi) is 4.65. The van der Waals surface area contributed by atoms with Gasteiger partial charge in [0.15, 0.2) is 0 Å². The van der Waals surface area contributed by atoms with Crippen molar-refractivity contribution in [3.8, 4) is 0 Å². The van der Waals surface area contributed by atoms with Crippen molar-refractivity contribution in [1.29, 1.82) is 0 Å². The van der Waals surface area contributed by atoms with Crippen LogP contribution in [0.15, 0.2) is 60.7 Å². The van der Waals surface area contributed by atoms with Crippen LogP contribution < -0.4 is 4.90 Å². The quantitative estimate of drug-likeness (QED) is 0.808. The van der Waals surface area contributed by atoms with Gasteiger partial charge >= 0.3 is 5.97 Å². The molecular formula is C20H21NO3. The minimum Gasteiger partial charge on any atom is -0.469 e. The molecule has 124 valence electrons. The molecule has 0 aromatic heterocycles. The van der Waals surface area contributed by atoms with E-state index in [1.807, 2.05) is 67.6 Å². The first-order valence-electron chi connectivity index (χ1n) is 8.20. The first-order valence-corrected chi connectivity index (χ1v) is 8.20. The largest absolute Gasteiger partial charge is 0.469 e. The molecule has 3 rings (SSSR count). The van der Waals surface area contributed by atoms with Crippen molar-refractivity contribution >= 4 is 17.6 Å². The van der Waals surface area contributed by atoms with Gasteiger partial charge in [-0.15, -0.1) is 0 Å². The summed E-state index contributed by atoms with van der Waals surface area (Å²) in [6.45, 7) is 1.94. The molecule has 0 radical (unpaired) electrons. The van der Waals surface area contributed by atoms with Crippen LogP contribution >= 0.6 is 0 Å². The topological polar surface area (TPSA) is 46.6 Å². The third-order valence-electron chi connectivity index (χ3n) is 4.70. The van der Waals surface area contributed by atoms with Gasteiger partial charge in [-0.05, 0) is 24.1 Å². The molecule has 0 bridgehead atoms. The normalized spacial score (nSPS) is 23.3. The summed E-state index contributed by atoms with van der Waals surface area (Å²) in [6, 6.07) is 18.9. The molecule has 1 saturated heterocycles. The number of amides is 1. The fourth-order valence-corrected chi connectivity index (χ4v) is 3.59. The maximum atomic E-state index is 13.1. The lowest BCUT2D eigenvalue weighted by Crippen LogP contribution is -2.30. The van der Waals surface area contributed by atoms with E-state index in [-0.39, 0.29) is 23.8 Å². The van der Waals surface area contributed by atoms with Crippen LogP contribution in [0.25, 0.3) is 0 Å². The molecule has 2 aromatic rings. The summed E-state index contributed by atoms with van der Waals surface area (Å²) < 4.78 is 5.03. The summed E-state index contributed by atoms with van der Waals surface area (Å²) in [7, 11) is 1.38. The van der Waals surface area contributed by atoms with E-state index in [1.54, 1.807) is 4.90 Å². The summed E-state index contributed by atoms with van der Waals surface area (Å²) in [5.41, 5.74) is 1.75. The van der Waals surface area contributed by atoms with Crippen LogP contribution in [0.3, 0.4) is 0 Å². The average Bonchev–Trinajstić information content (AvgIpc) is 2.94. The highest BCUT2D eigenvalue weighted by atomic mass is 16.5. The maximum absolute atomic E-state index is 13.1. The van der Waals surface area contributed by atoms with Crippen molar-refractivity contribution in [2.45, 2.75) is 19.4 Å². The molecule has 4 heteroatoms. The second-order valence-electron chi connectivity index (χ2n) is 5.96. The SMILES string of the molecule is CC[C@@H]1C(=O)N(c2ccccc2)[C@@H](c2ccccc2)[C@@H]1C(=O)OC. The van der Waals surface area contributed by atoms with E-state index in [1.165, 1.54) is 7.11 Å². The van der Waals surface area contributed by atoms with Crippen molar-refractivity contribution in [1.82, 2.24) is 0 Å². The molecule has 1 amide bonds. The van der Waals surface area contributed by atoms with Crippen molar-refractivity contribution in [2.75, 3.05) is 12.0 Å². The molecule has 0 N–H and O–H groups in total. The number of carbonyl (C=O) groups excluding carboxylic acids is 2. The predicted octanol–water partition coefficient (Wildman–Crippen LogP) is 3.59. The van der Waals surface area contributed by atoms with Crippen LogP contribution in [-0.4, -0.2) is 19.0 Å². The van der Waals surface area contributed by atoms with Crippen LogP contribution in [0.4, 0.5) is 5.69 Å². The Morgan fingerprint density at radius 2 is 1.62 bits per heavy atom. The van der Waals surface area contributed by atoms with Crippen LogP contribution in [0, 0.1) is 11.8 Å². The van der Waals surface area contributed by atoms with Crippen molar-refractivity contribution < 1.29 is 14.3 Å². The summed E-state index contributed by atoms with van der Waals surface area (Å²) >= 11 is 0. The first-order chi connectivity index (χ1) is 11.7. The summed E-state index contributed by atoms with van der Waals surface area (Å²) in [5.74, 6) is -1.23. The predicted molar refractivity (Wildman–Crippen MR) is 92.4 cm³/mol. The lowest BCUT2D eigenvalue weighted by atomic mass is 9.85. The number of ether oxygens (including phenoxy) is 1. The van der Waals surface area contributed by atoms with Gasteiger partial charge in [-0.3, -0.25) is 9.59 Å². The molecule has 1 heterocycles. The first kappa shape index (κ1) is 16.2. The highest BCUT2D eigenvalue weighted by Crippen LogP contribution is 2.45. The van der Waals surface area contributed by atoms with Gasteiger partial charge in [0.2, 0.25) is 5.91 Å². The van der Waals surface area contributed by atoms with Gasteiger partial charge in [0.05, 0.1) is 25.0 Å². The minimum absolute atomic E-state index is 0.0204. The number of carbonyl (C=O) groups is 2. The Balaban J connectivity index is 2.15. The van der Waals surface area contributed by atoms with Crippen molar-refractivity contribution in [3.05, 3.63) is 66.2 Å².